The summed E-state index contributed by atoms with van der Waals surface area (Å²) in [5.74, 6) is 1.40. The van der Waals surface area contributed by atoms with E-state index in [1.807, 2.05) is 12.1 Å². The zero-order chi connectivity index (χ0) is 11.7. The standard InChI is InChI=1S/C12H14BrClN2/c1-3-8(2)16-11-5-4-9(13)6-10(11)15-12(16)7-14/h4-6,8H,3,7H2,1-2H3. The van der Waals surface area contributed by atoms with Crippen molar-refractivity contribution >= 4 is 38.6 Å². The molecule has 0 aliphatic rings. The van der Waals surface area contributed by atoms with Crippen LogP contribution >= 0.6 is 27.5 Å². The molecule has 2 rings (SSSR count). The number of rotatable bonds is 3. The molecule has 0 bridgehead atoms. The van der Waals surface area contributed by atoms with Crippen LogP contribution in [0.3, 0.4) is 0 Å². The summed E-state index contributed by atoms with van der Waals surface area (Å²) in [5.41, 5.74) is 2.17. The van der Waals surface area contributed by atoms with Crippen molar-refractivity contribution in [2.24, 2.45) is 0 Å². The Morgan fingerprint density at radius 2 is 2.25 bits per heavy atom. The van der Waals surface area contributed by atoms with Gasteiger partial charge in [0, 0.05) is 10.5 Å². The fourth-order valence-electron chi connectivity index (χ4n) is 1.89. The molecule has 0 saturated heterocycles. The van der Waals surface area contributed by atoms with Crippen LogP contribution in [0.4, 0.5) is 0 Å². The first kappa shape index (κ1) is 11.9. The SMILES string of the molecule is CCC(C)n1c(CCl)nc2cc(Br)ccc21. The van der Waals surface area contributed by atoms with E-state index in [9.17, 15) is 0 Å². The van der Waals surface area contributed by atoms with Crippen molar-refractivity contribution in [3.8, 4) is 0 Å². The van der Waals surface area contributed by atoms with Gasteiger partial charge in [0.15, 0.2) is 0 Å². The Balaban J connectivity index is 2.68. The highest BCUT2D eigenvalue weighted by Crippen LogP contribution is 2.26. The highest BCUT2D eigenvalue weighted by Gasteiger charge is 2.13. The second-order valence-corrected chi connectivity index (χ2v) is 5.10. The second-order valence-electron chi connectivity index (χ2n) is 3.92. The third-order valence-electron chi connectivity index (χ3n) is 2.88. The van der Waals surface area contributed by atoms with E-state index in [-0.39, 0.29) is 0 Å². The largest absolute Gasteiger partial charge is 0.324 e. The van der Waals surface area contributed by atoms with E-state index in [0.717, 1.165) is 27.8 Å². The number of hydrogen-bond acceptors (Lipinski definition) is 1. The zero-order valence-electron chi connectivity index (χ0n) is 9.37. The first-order valence-corrected chi connectivity index (χ1v) is 6.72. The minimum absolute atomic E-state index is 0.430. The number of benzene rings is 1. The van der Waals surface area contributed by atoms with E-state index in [2.05, 4.69) is 45.4 Å². The summed E-state index contributed by atoms with van der Waals surface area (Å²) in [4.78, 5) is 4.56. The molecule has 2 nitrogen and oxygen atoms in total. The van der Waals surface area contributed by atoms with Crippen LogP contribution in [-0.4, -0.2) is 9.55 Å². The normalized spacial score (nSPS) is 13.2. The van der Waals surface area contributed by atoms with Crippen LogP contribution in [0.15, 0.2) is 22.7 Å². The topological polar surface area (TPSA) is 17.8 Å². The maximum Gasteiger partial charge on any atom is 0.125 e. The van der Waals surface area contributed by atoms with Crippen molar-refractivity contribution in [3.05, 3.63) is 28.5 Å². The van der Waals surface area contributed by atoms with Crippen molar-refractivity contribution in [2.45, 2.75) is 32.2 Å². The lowest BCUT2D eigenvalue weighted by atomic mass is 10.2. The number of nitrogens with zero attached hydrogens (tertiary/aromatic N) is 2. The molecule has 4 heteroatoms. The Morgan fingerprint density at radius 1 is 1.50 bits per heavy atom. The number of aromatic nitrogens is 2. The van der Waals surface area contributed by atoms with Crippen LogP contribution in [0.5, 0.6) is 0 Å². The number of fused-ring (bicyclic) bond motifs is 1. The van der Waals surface area contributed by atoms with Gasteiger partial charge >= 0.3 is 0 Å². The summed E-state index contributed by atoms with van der Waals surface area (Å²) in [6, 6.07) is 6.60. The molecule has 1 aromatic heterocycles. The Bertz CT molecular complexity index is 507. The summed E-state index contributed by atoms with van der Waals surface area (Å²) >= 11 is 9.41. The van der Waals surface area contributed by atoms with Gasteiger partial charge in [-0.2, -0.15) is 0 Å². The molecule has 0 aliphatic carbocycles. The number of imidazole rings is 1. The average Bonchev–Trinajstić information content (AvgIpc) is 2.65. The van der Waals surface area contributed by atoms with E-state index in [0.29, 0.717) is 11.9 Å². The molecule has 1 atom stereocenters. The summed E-state index contributed by atoms with van der Waals surface area (Å²) in [7, 11) is 0. The van der Waals surface area contributed by atoms with Crippen LogP contribution in [0, 0.1) is 0 Å². The molecule has 1 aromatic carbocycles. The van der Waals surface area contributed by atoms with Crippen molar-refractivity contribution in [2.75, 3.05) is 0 Å². The lowest BCUT2D eigenvalue weighted by Crippen LogP contribution is -2.07. The predicted molar refractivity (Wildman–Crippen MR) is 72.0 cm³/mol. The number of halogens is 2. The summed E-state index contributed by atoms with van der Waals surface area (Å²) in [6.45, 7) is 4.37. The highest BCUT2D eigenvalue weighted by atomic mass is 79.9. The van der Waals surface area contributed by atoms with Gasteiger partial charge in [-0.25, -0.2) is 4.98 Å². The van der Waals surface area contributed by atoms with Gasteiger partial charge in [-0.15, -0.1) is 11.6 Å². The molecular formula is C12H14BrClN2. The molecule has 1 heterocycles. The monoisotopic (exact) mass is 300 g/mol. The van der Waals surface area contributed by atoms with E-state index in [1.165, 1.54) is 0 Å². The third kappa shape index (κ3) is 1.98. The maximum atomic E-state index is 5.95. The van der Waals surface area contributed by atoms with Crippen LogP contribution in [-0.2, 0) is 5.88 Å². The molecule has 0 radical (unpaired) electrons. The molecule has 1 unspecified atom stereocenters. The number of hydrogen-bond donors (Lipinski definition) is 0. The van der Waals surface area contributed by atoms with Crippen LogP contribution in [0.1, 0.15) is 32.1 Å². The first-order chi connectivity index (χ1) is 7.67. The van der Waals surface area contributed by atoms with Gasteiger partial charge < -0.3 is 4.57 Å². The quantitative estimate of drug-likeness (QED) is 0.763. The Morgan fingerprint density at radius 3 is 2.88 bits per heavy atom. The van der Waals surface area contributed by atoms with Crippen molar-refractivity contribution in [3.63, 3.8) is 0 Å². The molecule has 0 spiro atoms. The molecule has 0 amide bonds. The molecule has 0 aliphatic heterocycles. The Kier molecular flexibility index (Phi) is 3.55. The molecule has 0 fully saturated rings. The van der Waals surface area contributed by atoms with Gasteiger partial charge in [-0.1, -0.05) is 22.9 Å². The predicted octanol–water partition coefficient (Wildman–Crippen LogP) is 4.51. The summed E-state index contributed by atoms with van der Waals surface area (Å²) < 4.78 is 3.28. The first-order valence-electron chi connectivity index (χ1n) is 5.39. The average molecular weight is 302 g/mol. The smallest absolute Gasteiger partial charge is 0.125 e. The Hall–Kier alpha value is -0.540. The fourth-order valence-corrected chi connectivity index (χ4v) is 2.43. The zero-order valence-corrected chi connectivity index (χ0v) is 11.7. The lowest BCUT2D eigenvalue weighted by Gasteiger charge is -2.14. The fraction of sp³-hybridized carbons (Fsp3) is 0.417. The second kappa shape index (κ2) is 4.76. The van der Waals surface area contributed by atoms with Gasteiger partial charge in [0.2, 0.25) is 0 Å². The van der Waals surface area contributed by atoms with E-state index < -0.39 is 0 Å². The maximum absolute atomic E-state index is 5.95. The van der Waals surface area contributed by atoms with E-state index >= 15 is 0 Å². The molecule has 0 N–H and O–H groups in total. The van der Waals surface area contributed by atoms with Crippen molar-refractivity contribution in [1.82, 2.24) is 9.55 Å². The molecule has 2 aromatic rings. The number of alkyl halides is 1. The van der Waals surface area contributed by atoms with E-state index in [4.69, 9.17) is 11.6 Å². The minimum Gasteiger partial charge on any atom is -0.324 e. The third-order valence-corrected chi connectivity index (χ3v) is 3.61. The highest BCUT2D eigenvalue weighted by molar-refractivity contribution is 9.10. The minimum atomic E-state index is 0.430. The lowest BCUT2D eigenvalue weighted by molar-refractivity contribution is 0.530. The van der Waals surface area contributed by atoms with Crippen molar-refractivity contribution < 1.29 is 0 Å². The van der Waals surface area contributed by atoms with Gasteiger partial charge in [-0.3, -0.25) is 0 Å². The van der Waals surface area contributed by atoms with Crippen LogP contribution in [0.25, 0.3) is 11.0 Å². The molecular weight excluding hydrogens is 288 g/mol. The summed E-state index contributed by atoms with van der Waals surface area (Å²) in [5, 5.41) is 0. The molecule has 0 saturated carbocycles. The van der Waals surface area contributed by atoms with Gasteiger partial charge in [0.05, 0.1) is 16.9 Å². The van der Waals surface area contributed by atoms with Gasteiger partial charge in [0.1, 0.15) is 5.82 Å². The Labute approximate surface area is 109 Å². The molecule has 86 valence electrons. The van der Waals surface area contributed by atoms with Crippen LogP contribution < -0.4 is 0 Å². The van der Waals surface area contributed by atoms with E-state index in [1.54, 1.807) is 0 Å². The molecule has 16 heavy (non-hydrogen) atoms. The van der Waals surface area contributed by atoms with Gasteiger partial charge in [0.25, 0.3) is 0 Å². The van der Waals surface area contributed by atoms with Gasteiger partial charge in [-0.05, 0) is 31.5 Å². The summed E-state index contributed by atoms with van der Waals surface area (Å²) in [6.07, 6.45) is 1.07. The van der Waals surface area contributed by atoms with Crippen molar-refractivity contribution in [1.29, 1.82) is 0 Å². The van der Waals surface area contributed by atoms with Crippen LogP contribution in [0.2, 0.25) is 0 Å².